The van der Waals surface area contributed by atoms with Crippen LogP contribution in [0.2, 0.25) is 0 Å². The zero-order chi connectivity index (χ0) is 28.9. The van der Waals surface area contributed by atoms with Gasteiger partial charge in [0, 0.05) is 24.9 Å². The van der Waals surface area contributed by atoms with E-state index in [0.717, 1.165) is 46.7 Å². The molecule has 0 radical (unpaired) electrons. The third-order valence-electron chi connectivity index (χ3n) is 6.11. The molecule has 0 unspecified atom stereocenters. The van der Waals surface area contributed by atoms with Crippen molar-refractivity contribution in [1.29, 1.82) is 0 Å². The number of hydrogen-bond acceptors (Lipinski definition) is 8. The summed E-state index contributed by atoms with van der Waals surface area (Å²) in [5.74, 6) is 1.57. The first-order chi connectivity index (χ1) is 19.2. The van der Waals surface area contributed by atoms with Gasteiger partial charge in [-0.05, 0) is 81.1 Å². The number of nitrogens with zero attached hydrogens (tertiary/aromatic N) is 1. The molecule has 9 heteroatoms. The highest BCUT2D eigenvalue weighted by Crippen LogP contribution is 2.25. The van der Waals surface area contributed by atoms with Crippen molar-refractivity contribution in [3.63, 3.8) is 0 Å². The molecule has 0 spiro atoms. The third-order valence-corrected chi connectivity index (χ3v) is 6.11. The summed E-state index contributed by atoms with van der Waals surface area (Å²) in [7, 11) is 0. The van der Waals surface area contributed by atoms with Crippen LogP contribution < -0.4 is 14.8 Å². The minimum Gasteiger partial charge on any atom is -0.494 e. The Morgan fingerprint density at radius 2 is 1.73 bits per heavy atom. The fourth-order valence-corrected chi connectivity index (χ4v) is 4.02. The second-order valence-corrected chi connectivity index (χ2v) is 9.81. The Hall–Kier alpha value is -3.85. The molecule has 2 N–H and O–H groups in total. The van der Waals surface area contributed by atoms with E-state index in [9.17, 15) is 9.59 Å². The predicted octanol–water partition coefficient (Wildman–Crippen LogP) is 5.51. The normalized spacial score (nSPS) is 11.0. The second-order valence-electron chi connectivity index (χ2n) is 9.81. The highest BCUT2D eigenvalue weighted by atomic mass is 16.5. The lowest BCUT2D eigenvalue weighted by molar-refractivity contribution is -0.146. The minimum atomic E-state index is -0.863. The topological polar surface area (TPSA) is 120 Å². The van der Waals surface area contributed by atoms with E-state index in [-0.39, 0.29) is 25.0 Å². The van der Waals surface area contributed by atoms with Crippen molar-refractivity contribution in [2.75, 3.05) is 19.8 Å². The first kappa shape index (κ1) is 30.7. The number of aryl methyl sites for hydroxylation is 2. The molecule has 0 fully saturated rings. The molecule has 2 aromatic carbocycles. The maximum Gasteiger partial charge on any atom is 0.320 e. The van der Waals surface area contributed by atoms with Crippen LogP contribution in [-0.2, 0) is 33.7 Å². The van der Waals surface area contributed by atoms with Crippen LogP contribution in [-0.4, -0.2) is 47.9 Å². The van der Waals surface area contributed by atoms with E-state index < -0.39 is 5.97 Å². The van der Waals surface area contributed by atoms with Crippen LogP contribution >= 0.6 is 0 Å². The van der Waals surface area contributed by atoms with Crippen LogP contribution in [0.3, 0.4) is 0 Å². The van der Waals surface area contributed by atoms with Crippen LogP contribution in [0.4, 0.5) is 0 Å². The highest BCUT2D eigenvalue weighted by molar-refractivity contribution is 5.71. The fourth-order valence-electron chi connectivity index (χ4n) is 4.02. The second kappa shape index (κ2) is 15.7. The van der Waals surface area contributed by atoms with Gasteiger partial charge in [-0.1, -0.05) is 19.4 Å². The number of aromatic nitrogens is 1. The fraction of sp³-hybridized carbons (Fsp3) is 0.452. The van der Waals surface area contributed by atoms with Crippen LogP contribution in [0, 0.1) is 6.92 Å². The summed E-state index contributed by atoms with van der Waals surface area (Å²) in [6.45, 7) is 9.15. The lowest BCUT2D eigenvalue weighted by Gasteiger charge is -2.14. The molecule has 9 nitrogen and oxygen atoms in total. The van der Waals surface area contributed by atoms with Gasteiger partial charge in [0.2, 0.25) is 5.89 Å². The standard InChI is InChI=1S/C31H40N2O7/c1-5-6-16-37-26-11-8-24(9-12-26)31-33-28(22(4)40-31)15-17-38-27-13-7-23(10-14-29(34)35)25(18-27)19-32-20-30(36)39-21(2)3/h7-9,11-13,18,21,32H,5-6,10,14-17,19-20H2,1-4H3,(H,34,35). The molecule has 0 aliphatic carbocycles. The first-order valence-corrected chi connectivity index (χ1v) is 13.8. The lowest BCUT2D eigenvalue weighted by Crippen LogP contribution is -2.26. The summed E-state index contributed by atoms with van der Waals surface area (Å²) >= 11 is 0. The summed E-state index contributed by atoms with van der Waals surface area (Å²) in [5.41, 5.74) is 3.46. The van der Waals surface area contributed by atoms with E-state index in [1.54, 1.807) is 13.8 Å². The smallest absolute Gasteiger partial charge is 0.320 e. The van der Waals surface area contributed by atoms with Gasteiger partial charge < -0.3 is 29.1 Å². The number of esters is 1. The number of carbonyl (C=O) groups excluding carboxylic acids is 1. The van der Waals surface area contributed by atoms with Crippen molar-refractivity contribution in [2.24, 2.45) is 0 Å². The number of benzene rings is 2. The van der Waals surface area contributed by atoms with E-state index in [2.05, 4.69) is 17.2 Å². The summed E-state index contributed by atoms with van der Waals surface area (Å²) in [6, 6.07) is 13.3. The van der Waals surface area contributed by atoms with Crippen LogP contribution in [0.15, 0.2) is 46.9 Å². The molecule has 1 heterocycles. The van der Waals surface area contributed by atoms with Crippen molar-refractivity contribution < 1.29 is 33.3 Å². The quantitative estimate of drug-likeness (QED) is 0.165. The number of hydrogen-bond donors (Lipinski definition) is 2. The van der Waals surface area contributed by atoms with Crippen molar-refractivity contribution >= 4 is 11.9 Å². The molecular weight excluding hydrogens is 512 g/mol. The van der Waals surface area contributed by atoms with Gasteiger partial charge in [-0.25, -0.2) is 4.98 Å². The van der Waals surface area contributed by atoms with Gasteiger partial charge in [-0.2, -0.15) is 0 Å². The molecule has 3 rings (SSSR count). The SMILES string of the molecule is CCCCOc1ccc(-c2nc(CCOc3ccc(CCC(=O)O)c(CNCC(=O)OC(C)C)c3)c(C)o2)cc1. The average molecular weight is 553 g/mol. The molecule has 0 aliphatic rings. The molecule has 0 saturated heterocycles. The number of carboxylic acids is 1. The lowest BCUT2D eigenvalue weighted by atomic mass is 10.0. The van der Waals surface area contributed by atoms with Gasteiger partial charge in [0.05, 0.1) is 31.6 Å². The predicted molar refractivity (Wildman–Crippen MR) is 152 cm³/mol. The molecule has 0 amide bonds. The summed E-state index contributed by atoms with van der Waals surface area (Å²) < 4.78 is 22.8. The highest BCUT2D eigenvalue weighted by Gasteiger charge is 2.13. The van der Waals surface area contributed by atoms with Crippen molar-refractivity contribution in [3.05, 3.63) is 65.0 Å². The number of aliphatic carboxylic acids is 1. The number of nitrogens with one attached hydrogen (secondary N) is 1. The number of ether oxygens (including phenoxy) is 3. The number of carbonyl (C=O) groups is 2. The molecule has 40 heavy (non-hydrogen) atoms. The summed E-state index contributed by atoms with van der Waals surface area (Å²) in [5, 5.41) is 12.2. The Bertz CT molecular complexity index is 1230. The molecule has 0 bridgehead atoms. The Morgan fingerprint density at radius 3 is 2.42 bits per heavy atom. The number of oxazole rings is 1. The number of unbranched alkanes of at least 4 members (excludes halogenated alkanes) is 1. The Labute approximate surface area is 235 Å². The maximum atomic E-state index is 11.9. The van der Waals surface area contributed by atoms with Crippen LogP contribution in [0.1, 0.15) is 62.6 Å². The Kier molecular flexibility index (Phi) is 12.0. The molecule has 216 valence electrons. The van der Waals surface area contributed by atoms with Gasteiger partial charge in [-0.3, -0.25) is 9.59 Å². The molecule has 1 aromatic heterocycles. The average Bonchev–Trinajstić information content (AvgIpc) is 3.28. The number of rotatable bonds is 17. The molecule has 0 saturated carbocycles. The largest absolute Gasteiger partial charge is 0.494 e. The molecule has 0 atom stereocenters. The van der Waals surface area contributed by atoms with Gasteiger partial charge >= 0.3 is 11.9 Å². The van der Waals surface area contributed by atoms with Crippen LogP contribution in [0.25, 0.3) is 11.5 Å². The Morgan fingerprint density at radius 1 is 1.00 bits per heavy atom. The molecule has 3 aromatic rings. The van der Waals surface area contributed by atoms with Gasteiger partial charge in [-0.15, -0.1) is 0 Å². The zero-order valence-electron chi connectivity index (χ0n) is 23.8. The van der Waals surface area contributed by atoms with Crippen LogP contribution in [0.5, 0.6) is 11.5 Å². The summed E-state index contributed by atoms with van der Waals surface area (Å²) in [4.78, 5) is 27.6. The van der Waals surface area contributed by atoms with Crippen molar-refractivity contribution in [2.45, 2.75) is 72.4 Å². The first-order valence-electron chi connectivity index (χ1n) is 13.8. The summed E-state index contributed by atoms with van der Waals surface area (Å²) in [6.07, 6.45) is 2.89. The maximum absolute atomic E-state index is 11.9. The van der Waals surface area contributed by atoms with E-state index in [0.29, 0.717) is 44.2 Å². The minimum absolute atomic E-state index is 0.0188. The van der Waals surface area contributed by atoms with E-state index in [4.69, 9.17) is 23.7 Å². The third kappa shape index (κ3) is 10.0. The van der Waals surface area contributed by atoms with Crippen molar-refractivity contribution in [1.82, 2.24) is 10.3 Å². The van der Waals surface area contributed by atoms with E-state index in [1.165, 1.54) is 0 Å². The van der Waals surface area contributed by atoms with Crippen molar-refractivity contribution in [3.8, 4) is 23.0 Å². The molecular formula is C31H40N2O7. The number of carboxylic acid groups (broad SMARTS) is 1. The van der Waals surface area contributed by atoms with Gasteiger partial charge in [0.1, 0.15) is 17.3 Å². The van der Waals surface area contributed by atoms with Gasteiger partial charge in [0.15, 0.2) is 0 Å². The monoisotopic (exact) mass is 552 g/mol. The van der Waals surface area contributed by atoms with E-state index in [1.807, 2.05) is 49.4 Å². The Balaban J connectivity index is 1.59. The van der Waals surface area contributed by atoms with Gasteiger partial charge in [0.25, 0.3) is 0 Å². The molecule has 0 aliphatic heterocycles. The zero-order valence-corrected chi connectivity index (χ0v) is 23.8. The van der Waals surface area contributed by atoms with E-state index >= 15 is 0 Å².